The first-order valence-electron chi connectivity index (χ1n) is 5.95. The number of carbonyl (C=O) groups excluding carboxylic acids is 1. The highest BCUT2D eigenvalue weighted by Crippen LogP contribution is 2.49. The maximum atomic E-state index is 13.8. The summed E-state index contributed by atoms with van der Waals surface area (Å²) in [5.74, 6) is -8.37. The fourth-order valence-electron chi connectivity index (χ4n) is 2.09. The molecule has 20 heavy (non-hydrogen) atoms. The van der Waals surface area contributed by atoms with E-state index in [1.54, 1.807) is 0 Å². The maximum Gasteiger partial charge on any atom is 0.341 e. The number of hydrogen-bond acceptors (Lipinski definition) is 3. The number of carbonyl (C=O) groups is 2. The van der Waals surface area contributed by atoms with Gasteiger partial charge in [0.1, 0.15) is 11.4 Å². The van der Waals surface area contributed by atoms with Crippen molar-refractivity contribution in [1.29, 1.82) is 0 Å². The fourth-order valence-corrected chi connectivity index (χ4v) is 2.09. The van der Waals surface area contributed by atoms with Crippen LogP contribution < -0.4 is 0 Å². The average molecular weight is 288 g/mol. The van der Waals surface area contributed by atoms with Crippen molar-refractivity contribution in [2.75, 3.05) is 6.61 Å². The van der Waals surface area contributed by atoms with E-state index in [0.717, 1.165) is 0 Å². The van der Waals surface area contributed by atoms with Gasteiger partial charge < -0.3 is 9.84 Å². The number of halogens is 3. The maximum absolute atomic E-state index is 13.8. The summed E-state index contributed by atoms with van der Waals surface area (Å²) in [6, 6.07) is 0.545. The van der Waals surface area contributed by atoms with Crippen molar-refractivity contribution >= 4 is 11.9 Å². The predicted molar refractivity (Wildman–Crippen MR) is 60.8 cm³/mol. The number of ether oxygens (including phenoxy) is 1. The van der Waals surface area contributed by atoms with Gasteiger partial charge in [0.05, 0.1) is 12.5 Å². The first kappa shape index (κ1) is 14.4. The first-order chi connectivity index (χ1) is 9.38. The molecule has 1 aromatic carbocycles. The minimum atomic E-state index is -1.53. The average Bonchev–Trinajstić information content (AvgIpc) is 3.14. The van der Waals surface area contributed by atoms with E-state index in [1.165, 1.54) is 6.92 Å². The van der Waals surface area contributed by atoms with Crippen molar-refractivity contribution in [3.05, 3.63) is 34.6 Å². The lowest BCUT2D eigenvalue weighted by Gasteiger charge is -2.09. The summed E-state index contributed by atoms with van der Waals surface area (Å²) in [5, 5.41) is 8.74. The van der Waals surface area contributed by atoms with Gasteiger partial charge in [0.2, 0.25) is 0 Å². The van der Waals surface area contributed by atoms with Crippen molar-refractivity contribution in [3.8, 4) is 0 Å². The molecule has 2 rings (SSSR count). The zero-order chi connectivity index (χ0) is 15.0. The zero-order valence-electron chi connectivity index (χ0n) is 10.5. The summed E-state index contributed by atoms with van der Waals surface area (Å²) < 4.78 is 45.9. The molecular formula is C13H11F3O4. The molecule has 0 aromatic heterocycles. The van der Waals surface area contributed by atoms with Gasteiger partial charge in [0, 0.05) is 11.5 Å². The van der Waals surface area contributed by atoms with Crippen LogP contribution >= 0.6 is 0 Å². The molecule has 1 aliphatic carbocycles. The van der Waals surface area contributed by atoms with Crippen LogP contribution in [0.3, 0.4) is 0 Å². The molecule has 1 fully saturated rings. The molecule has 4 nitrogen and oxygen atoms in total. The lowest BCUT2D eigenvalue weighted by Crippen LogP contribution is -2.12. The summed E-state index contributed by atoms with van der Waals surface area (Å²) in [5.41, 5.74) is -1.46. The molecular weight excluding hydrogens is 277 g/mol. The highest BCUT2D eigenvalue weighted by Gasteiger charge is 2.47. The second kappa shape index (κ2) is 5.15. The third-order valence-electron chi connectivity index (χ3n) is 3.17. The standard InChI is InChI=1S/C13H11F3O4/c1-2-20-13(19)7-4-8(14)9(11(16)10(7)15)5-3-6(5)12(17)18/h4-6H,2-3H2,1H3,(H,17,18). The molecule has 1 aromatic rings. The van der Waals surface area contributed by atoms with Gasteiger partial charge >= 0.3 is 11.9 Å². The molecule has 108 valence electrons. The number of benzene rings is 1. The monoisotopic (exact) mass is 288 g/mol. The van der Waals surface area contributed by atoms with Crippen molar-refractivity contribution in [3.63, 3.8) is 0 Å². The number of hydrogen-bond donors (Lipinski definition) is 1. The van der Waals surface area contributed by atoms with E-state index < -0.39 is 52.4 Å². The second-order valence-corrected chi connectivity index (χ2v) is 4.45. The van der Waals surface area contributed by atoms with Crippen LogP contribution in [0.5, 0.6) is 0 Å². The minimum Gasteiger partial charge on any atom is -0.481 e. The van der Waals surface area contributed by atoms with Gasteiger partial charge in [-0.1, -0.05) is 0 Å². The number of carboxylic acid groups (broad SMARTS) is 1. The summed E-state index contributed by atoms with van der Waals surface area (Å²) in [6.07, 6.45) is 0.0430. The number of rotatable bonds is 4. The van der Waals surface area contributed by atoms with Gasteiger partial charge in [-0.25, -0.2) is 18.0 Å². The normalized spacial score (nSPS) is 20.6. The molecule has 0 aliphatic heterocycles. The second-order valence-electron chi connectivity index (χ2n) is 4.45. The van der Waals surface area contributed by atoms with Crippen molar-refractivity contribution in [2.45, 2.75) is 19.3 Å². The quantitative estimate of drug-likeness (QED) is 0.683. The molecule has 0 radical (unpaired) electrons. The van der Waals surface area contributed by atoms with E-state index in [0.29, 0.717) is 6.07 Å². The Morgan fingerprint density at radius 3 is 2.50 bits per heavy atom. The Balaban J connectivity index is 2.40. The van der Waals surface area contributed by atoms with Crippen molar-refractivity contribution in [1.82, 2.24) is 0 Å². The Morgan fingerprint density at radius 2 is 2.00 bits per heavy atom. The van der Waals surface area contributed by atoms with Crippen LogP contribution in [0.25, 0.3) is 0 Å². The van der Waals surface area contributed by atoms with E-state index in [2.05, 4.69) is 4.74 Å². The number of esters is 1. The van der Waals surface area contributed by atoms with Gasteiger partial charge in [-0.05, 0) is 19.4 Å². The van der Waals surface area contributed by atoms with E-state index in [1.807, 2.05) is 0 Å². The number of carboxylic acids is 1. The Bertz CT molecular complexity index is 585. The molecule has 0 spiro atoms. The molecule has 0 saturated heterocycles. The van der Waals surface area contributed by atoms with Crippen molar-refractivity contribution < 1.29 is 32.6 Å². The molecule has 1 saturated carbocycles. The topological polar surface area (TPSA) is 63.6 Å². The van der Waals surface area contributed by atoms with Gasteiger partial charge in [-0.3, -0.25) is 4.79 Å². The van der Waals surface area contributed by atoms with E-state index in [9.17, 15) is 22.8 Å². The minimum absolute atomic E-state index is 0.0430. The van der Waals surface area contributed by atoms with E-state index in [4.69, 9.17) is 5.11 Å². The van der Waals surface area contributed by atoms with Crippen LogP contribution in [0.4, 0.5) is 13.2 Å². The third kappa shape index (κ3) is 2.35. The summed E-state index contributed by atoms with van der Waals surface area (Å²) in [4.78, 5) is 22.1. The predicted octanol–water partition coefficient (Wildman–Crippen LogP) is 2.47. The summed E-state index contributed by atoms with van der Waals surface area (Å²) in [7, 11) is 0. The largest absolute Gasteiger partial charge is 0.481 e. The molecule has 2 unspecified atom stereocenters. The Morgan fingerprint density at radius 1 is 1.35 bits per heavy atom. The molecule has 1 N–H and O–H groups in total. The van der Waals surface area contributed by atoms with Crippen LogP contribution in [-0.2, 0) is 9.53 Å². The van der Waals surface area contributed by atoms with Crippen LogP contribution in [0.1, 0.15) is 35.2 Å². The number of aliphatic carboxylic acids is 1. The van der Waals surface area contributed by atoms with Gasteiger partial charge in [-0.15, -0.1) is 0 Å². The Labute approximate surface area is 112 Å². The van der Waals surface area contributed by atoms with Crippen LogP contribution in [0.15, 0.2) is 6.07 Å². The molecule has 0 heterocycles. The lowest BCUT2D eigenvalue weighted by molar-refractivity contribution is -0.138. The smallest absolute Gasteiger partial charge is 0.341 e. The highest BCUT2D eigenvalue weighted by molar-refractivity contribution is 5.90. The zero-order valence-corrected chi connectivity index (χ0v) is 10.5. The van der Waals surface area contributed by atoms with Gasteiger partial charge in [-0.2, -0.15) is 0 Å². The van der Waals surface area contributed by atoms with E-state index >= 15 is 0 Å². The Kier molecular flexibility index (Phi) is 3.69. The highest BCUT2D eigenvalue weighted by atomic mass is 19.2. The molecule has 1 aliphatic rings. The molecule has 7 heteroatoms. The molecule has 2 atom stereocenters. The van der Waals surface area contributed by atoms with Crippen LogP contribution in [-0.4, -0.2) is 23.7 Å². The third-order valence-corrected chi connectivity index (χ3v) is 3.17. The fraction of sp³-hybridized carbons (Fsp3) is 0.385. The van der Waals surface area contributed by atoms with E-state index in [-0.39, 0.29) is 13.0 Å². The first-order valence-corrected chi connectivity index (χ1v) is 5.95. The summed E-state index contributed by atoms with van der Waals surface area (Å²) in [6.45, 7) is 1.41. The van der Waals surface area contributed by atoms with Crippen molar-refractivity contribution in [2.24, 2.45) is 5.92 Å². The Hall–Kier alpha value is -2.05. The molecule has 0 bridgehead atoms. The molecule has 0 amide bonds. The van der Waals surface area contributed by atoms with Gasteiger partial charge in [0.25, 0.3) is 0 Å². The van der Waals surface area contributed by atoms with Crippen LogP contribution in [0.2, 0.25) is 0 Å². The SMILES string of the molecule is CCOC(=O)c1cc(F)c(C2CC2C(=O)O)c(F)c1F. The lowest BCUT2D eigenvalue weighted by atomic mass is 10.0. The van der Waals surface area contributed by atoms with Gasteiger partial charge in [0.15, 0.2) is 11.6 Å². The van der Waals surface area contributed by atoms with Crippen LogP contribution in [0, 0.1) is 23.4 Å². The summed E-state index contributed by atoms with van der Waals surface area (Å²) >= 11 is 0.